The predicted octanol–water partition coefficient (Wildman–Crippen LogP) is 1.44. The molecule has 3 heteroatoms. The molecule has 0 aromatic heterocycles. The maximum atomic E-state index is 8.82. The molecule has 1 N–H and O–H groups in total. The Morgan fingerprint density at radius 1 is 1.20 bits per heavy atom. The zero-order valence-corrected chi connectivity index (χ0v) is 10.4. The molecule has 0 radical (unpaired) electrons. The zero-order chi connectivity index (χ0) is 6.69. The number of hydrogen-bond donors (Lipinski definition) is 1. The molecular weight excluding hydrogens is 370 g/mol. The maximum Gasteiger partial charge on any atom is 0.115 e. The van der Waals surface area contributed by atoms with E-state index in [0.717, 1.165) is 5.56 Å². The summed E-state index contributed by atoms with van der Waals surface area (Å²) >= 11 is 4.78. The quantitative estimate of drug-likeness (QED) is 0.748. The van der Waals surface area contributed by atoms with E-state index in [1.807, 2.05) is 12.1 Å². The van der Waals surface area contributed by atoms with E-state index in [9.17, 15) is 0 Å². The molecule has 10 heavy (non-hydrogen) atoms. The van der Waals surface area contributed by atoms with Gasteiger partial charge in [-0.15, -0.1) is 0 Å². The van der Waals surface area contributed by atoms with Crippen LogP contribution in [0.4, 0.5) is 0 Å². The minimum atomic E-state index is 0. The van der Waals surface area contributed by atoms with Gasteiger partial charge in [-0.25, -0.2) is 0 Å². The van der Waals surface area contributed by atoms with Gasteiger partial charge in [-0.1, -0.05) is 17.7 Å². The largest absolute Gasteiger partial charge is 0.788 e. The van der Waals surface area contributed by atoms with Crippen LogP contribution in [0.2, 0.25) is 0 Å². The third kappa shape index (κ3) is 3.01. The molecule has 0 aliphatic carbocycles. The molecule has 0 saturated heterocycles. The van der Waals surface area contributed by atoms with Gasteiger partial charge in [-0.3, -0.25) is 0 Å². The van der Waals surface area contributed by atoms with Crippen LogP contribution in [-0.4, -0.2) is 5.11 Å². The Labute approximate surface area is 89.6 Å². The van der Waals surface area contributed by atoms with E-state index in [0.29, 0.717) is 11.5 Å². The second kappa shape index (κ2) is 5.12. The van der Waals surface area contributed by atoms with E-state index in [2.05, 4.69) is 0 Å². The van der Waals surface area contributed by atoms with Crippen molar-refractivity contribution in [2.45, 2.75) is 5.75 Å². The van der Waals surface area contributed by atoms with Gasteiger partial charge in [0.25, 0.3) is 0 Å². The van der Waals surface area contributed by atoms with Gasteiger partial charge < -0.3 is 17.7 Å². The molecule has 1 rings (SSSR count). The molecule has 0 unspecified atom stereocenters. The Bertz CT molecular complexity index is 185. The second-order valence-corrected chi connectivity index (χ2v) is 2.10. The van der Waals surface area contributed by atoms with Crippen LogP contribution in [0.1, 0.15) is 5.56 Å². The Morgan fingerprint density at radius 3 is 2.10 bits per heavy atom. The molecule has 0 fully saturated rings. The van der Waals surface area contributed by atoms with Gasteiger partial charge in [-0.05, 0) is 12.1 Å². The topological polar surface area (TPSA) is 20.2 Å². The van der Waals surface area contributed by atoms with E-state index in [1.54, 1.807) is 12.1 Å². The van der Waals surface area contributed by atoms with Gasteiger partial charge in [-0.2, -0.15) is 5.75 Å². The fraction of sp³-hybridized carbons (Fsp3) is 0.143. The molecule has 0 heterocycles. The number of phenolic OH excluding ortho intramolecular Hbond substituents is 1. The summed E-state index contributed by atoms with van der Waals surface area (Å²) in [7, 11) is 0. The Morgan fingerprint density at radius 2 is 1.70 bits per heavy atom. The SMILES string of the molecule is Oc1ccc(C[S-])cc1.[U]. The molecule has 0 aliphatic rings. The minimum Gasteiger partial charge on any atom is -0.788 e. The van der Waals surface area contributed by atoms with Crippen LogP contribution < -0.4 is 0 Å². The third-order valence-corrected chi connectivity index (χ3v) is 1.44. The van der Waals surface area contributed by atoms with Crippen molar-refractivity contribution in [1.82, 2.24) is 0 Å². The molecule has 1 nitrogen and oxygen atoms in total. The number of rotatable bonds is 1. The van der Waals surface area contributed by atoms with Crippen LogP contribution in [0.3, 0.4) is 0 Å². The van der Waals surface area contributed by atoms with Gasteiger partial charge in [0.15, 0.2) is 0 Å². The summed E-state index contributed by atoms with van der Waals surface area (Å²) in [6, 6.07) is 6.92. The Kier molecular flexibility index (Phi) is 5.34. The molecule has 0 bridgehead atoms. The smallest absolute Gasteiger partial charge is 0.115 e. The molecule has 0 atom stereocenters. The Hall–Kier alpha value is 0.422. The number of hydrogen-bond acceptors (Lipinski definition) is 2. The summed E-state index contributed by atoms with van der Waals surface area (Å²) in [5.74, 6) is 0.905. The fourth-order valence-corrected chi connectivity index (χ4v) is 0.785. The van der Waals surface area contributed by atoms with Crippen molar-refractivity contribution in [3.63, 3.8) is 0 Å². The standard InChI is InChI=1S/C7H8OS.U/c8-7-3-1-6(5-9)2-4-7;/h1-4,8-9H,5H2;/p-1. The summed E-state index contributed by atoms with van der Waals surface area (Å²) < 4.78 is 0. The minimum absolute atomic E-state index is 0. The first-order valence-corrected chi connectivity index (χ1v) is 3.26. The number of benzene rings is 1. The normalized spacial score (nSPS) is 8.50. The first-order chi connectivity index (χ1) is 4.33. The average molecular weight is 377 g/mol. The van der Waals surface area contributed by atoms with Crippen molar-refractivity contribution in [3.05, 3.63) is 29.8 Å². The molecular formula is C7H7OSU-. The van der Waals surface area contributed by atoms with Crippen LogP contribution in [0.25, 0.3) is 0 Å². The molecule has 1 aromatic carbocycles. The summed E-state index contributed by atoms with van der Waals surface area (Å²) in [5, 5.41) is 8.82. The van der Waals surface area contributed by atoms with Crippen molar-refractivity contribution in [2.75, 3.05) is 0 Å². The van der Waals surface area contributed by atoms with Gasteiger partial charge in [0.05, 0.1) is 0 Å². The maximum absolute atomic E-state index is 8.82. The fourth-order valence-electron chi connectivity index (χ4n) is 0.592. The van der Waals surface area contributed by atoms with Crippen LogP contribution in [0.5, 0.6) is 5.75 Å². The summed E-state index contributed by atoms with van der Waals surface area (Å²) in [6.45, 7) is 0. The second-order valence-electron chi connectivity index (χ2n) is 1.81. The van der Waals surface area contributed by atoms with Crippen LogP contribution in [-0.2, 0) is 18.4 Å². The molecule has 0 saturated carbocycles. The zero-order valence-electron chi connectivity index (χ0n) is 5.37. The van der Waals surface area contributed by atoms with Crippen molar-refractivity contribution in [3.8, 4) is 5.75 Å². The van der Waals surface area contributed by atoms with Gasteiger partial charge in [0.2, 0.25) is 0 Å². The van der Waals surface area contributed by atoms with Crippen LogP contribution >= 0.6 is 0 Å². The average Bonchev–Trinajstić information content (AvgIpc) is 1.90. The molecule has 0 aliphatic heterocycles. The van der Waals surface area contributed by atoms with Crippen molar-refractivity contribution in [2.24, 2.45) is 0 Å². The third-order valence-electron chi connectivity index (χ3n) is 1.10. The molecule has 0 spiro atoms. The Balaban J connectivity index is 0.000000810. The number of phenols is 1. The van der Waals surface area contributed by atoms with Gasteiger partial charge in [0.1, 0.15) is 5.75 Å². The van der Waals surface area contributed by atoms with E-state index < -0.39 is 0 Å². The van der Waals surface area contributed by atoms with Gasteiger partial charge in [0, 0.05) is 31.1 Å². The van der Waals surface area contributed by atoms with Crippen LogP contribution in [0.15, 0.2) is 24.3 Å². The van der Waals surface area contributed by atoms with Crippen molar-refractivity contribution in [1.29, 1.82) is 0 Å². The molecule has 1 aromatic rings. The predicted molar refractivity (Wildman–Crippen MR) is 39.2 cm³/mol. The first-order valence-electron chi connectivity index (χ1n) is 2.69. The van der Waals surface area contributed by atoms with Gasteiger partial charge >= 0.3 is 0 Å². The number of aromatic hydroxyl groups is 1. The molecule has 52 valence electrons. The summed E-state index contributed by atoms with van der Waals surface area (Å²) in [5.41, 5.74) is 1.07. The molecule has 0 amide bonds. The van der Waals surface area contributed by atoms with Crippen molar-refractivity contribution < 1.29 is 36.2 Å². The van der Waals surface area contributed by atoms with E-state index in [-0.39, 0.29) is 31.1 Å². The van der Waals surface area contributed by atoms with Crippen LogP contribution in [0, 0.1) is 31.1 Å². The monoisotopic (exact) mass is 377 g/mol. The summed E-state index contributed by atoms with van der Waals surface area (Å²) in [4.78, 5) is 0. The van der Waals surface area contributed by atoms with Crippen molar-refractivity contribution >= 4 is 12.6 Å². The van der Waals surface area contributed by atoms with E-state index in [1.165, 1.54) is 0 Å². The first kappa shape index (κ1) is 10.4. The summed E-state index contributed by atoms with van der Waals surface area (Å²) in [6.07, 6.45) is 0. The van der Waals surface area contributed by atoms with E-state index >= 15 is 0 Å². The van der Waals surface area contributed by atoms with E-state index in [4.69, 9.17) is 17.7 Å².